The molecule has 0 amide bonds. The van der Waals surface area contributed by atoms with E-state index in [2.05, 4.69) is 6.92 Å². The molecular weight excluding hydrogens is 140 g/mol. The summed E-state index contributed by atoms with van der Waals surface area (Å²) in [6.45, 7) is 6.24. The molecule has 0 heterocycles. The Morgan fingerprint density at radius 1 is 0.909 bits per heavy atom. The summed E-state index contributed by atoms with van der Waals surface area (Å²) in [7, 11) is 0. The monoisotopic (exact) mass is 160 g/mol. The average molecular weight is 160 g/mol. The van der Waals surface area contributed by atoms with Crippen molar-refractivity contribution in [2.24, 2.45) is 0 Å². The number of unbranched alkanes of at least 4 members (excludes halogenated alkanes) is 3. The van der Waals surface area contributed by atoms with Gasteiger partial charge in [-0.1, -0.05) is 26.2 Å². The SMILES string of the molecule is CCCCCCOCOCC. The van der Waals surface area contributed by atoms with E-state index in [0.717, 1.165) is 13.2 Å². The predicted octanol–water partition coefficient (Wildman–Crippen LogP) is 2.58. The fraction of sp³-hybridized carbons (Fsp3) is 1.00. The lowest BCUT2D eigenvalue weighted by molar-refractivity contribution is -0.0501. The summed E-state index contributed by atoms with van der Waals surface area (Å²) in [6.07, 6.45) is 5.05. The Bertz CT molecular complexity index is 56.6. The van der Waals surface area contributed by atoms with Crippen LogP contribution >= 0.6 is 0 Å². The molecule has 0 N–H and O–H groups in total. The van der Waals surface area contributed by atoms with Gasteiger partial charge in [0.2, 0.25) is 0 Å². The van der Waals surface area contributed by atoms with E-state index in [4.69, 9.17) is 9.47 Å². The van der Waals surface area contributed by atoms with E-state index in [0.29, 0.717) is 6.79 Å². The van der Waals surface area contributed by atoms with Crippen LogP contribution in [0.2, 0.25) is 0 Å². The molecule has 68 valence electrons. The van der Waals surface area contributed by atoms with Crippen LogP contribution in [0.1, 0.15) is 39.5 Å². The van der Waals surface area contributed by atoms with E-state index in [1.54, 1.807) is 0 Å². The van der Waals surface area contributed by atoms with Crippen molar-refractivity contribution in [1.29, 1.82) is 0 Å². The Kier molecular flexibility index (Phi) is 9.85. The highest BCUT2D eigenvalue weighted by molar-refractivity contribution is 4.37. The summed E-state index contributed by atoms with van der Waals surface area (Å²) in [5, 5.41) is 0. The molecule has 0 atom stereocenters. The summed E-state index contributed by atoms with van der Waals surface area (Å²) in [5.74, 6) is 0. The van der Waals surface area contributed by atoms with Crippen molar-refractivity contribution in [3.8, 4) is 0 Å². The van der Waals surface area contributed by atoms with Crippen LogP contribution in [0.15, 0.2) is 0 Å². The third-order valence-corrected chi connectivity index (χ3v) is 1.51. The summed E-state index contributed by atoms with van der Waals surface area (Å²) in [4.78, 5) is 0. The van der Waals surface area contributed by atoms with Crippen molar-refractivity contribution in [1.82, 2.24) is 0 Å². The first-order valence-corrected chi connectivity index (χ1v) is 4.57. The predicted molar refractivity (Wildman–Crippen MR) is 46.6 cm³/mol. The molecule has 0 fully saturated rings. The van der Waals surface area contributed by atoms with Gasteiger partial charge in [-0.3, -0.25) is 0 Å². The molecule has 0 saturated carbocycles. The minimum Gasteiger partial charge on any atom is -0.356 e. The first-order chi connectivity index (χ1) is 5.41. The van der Waals surface area contributed by atoms with E-state index >= 15 is 0 Å². The van der Waals surface area contributed by atoms with Crippen LogP contribution in [0.3, 0.4) is 0 Å². The van der Waals surface area contributed by atoms with Crippen molar-refractivity contribution >= 4 is 0 Å². The van der Waals surface area contributed by atoms with Crippen LogP contribution in [-0.4, -0.2) is 20.0 Å². The third-order valence-electron chi connectivity index (χ3n) is 1.51. The Morgan fingerprint density at radius 2 is 1.73 bits per heavy atom. The number of rotatable bonds is 8. The molecular formula is C9H20O2. The molecule has 0 aliphatic heterocycles. The largest absolute Gasteiger partial charge is 0.356 e. The fourth-order valence-corrected chi connectivity index (χ4v) is 0.832. The van der Waals surface area contributed by atoms with Crippen molar-refractivity contribution in [3.05, 3.63) is 0 Å². The van der Waals surface area contributed by atoms with Gasteiger partial charge in [0.15, 0.2) is 0 Å². The van der Waals surface area contributed by atoms with E-state index in [9.17, 15) is 0 Å². The zero-order valence-corrected chi connectivity index (χ0v) is 7.77. The minimum absolute atomic E-state index is 0.461. The lowest BCUT2D eigenvalue weighted by Gasteiger charge is -2.02. The minimum atomic E-state index is 0.461. The Balaban J connectivity index is 2.69. The zero-order chi connectivity index (χ0) is 8.36. The quantitative estimate of drug-likeness (QED) is 0.401. The molecule has 0 aliphatic rings. The Hall–Kier alpha value is -0.0800. The third kappa shape index (κ3) is 9.92. The van der Waals surface area contributed by atoms with E-state index in [1.807, 2.05) is 6.92 Å². The topological polar surface area (TPSA) is 18.5 Å². The van der Waals surface area contributed by atoms with Gasteiger partial charge in [-0.15, -0.1) is 0 Å². The van der Waals surface area contributed by atoms with E-state index in [1.165, 1.54) is 25.7 Å². The summed E-state index contributed by atoms with van der Waals surface area (Å²) >= 11 is 0. The van der Waals surface area contributed by atoms with E-state index < -0.39 is 0 Å². The molecule has 0 rings (SSSR count). The van der Waals surface area contributed by atoms with Gasteiger partial charge < -0.3 is 9.47 Å². The van der Waals surface area contributed by atoms with Crippen LogP contribution < -0.4 is 0 Å². The molecule has 0 aromatic carbocycles. The smallest absolute Gasteiger partial charge is 0.146 e. The molecule has 0 bridgehead atoms. The summed E-state index contributed by atoms with van der Waals surface area (Å²) in [6, 6.07) is 0. The van der Waals surface area contributed by atoms with Gasteiger partial charge in [0.05, 0.1) is 0 Å². The van der Waals surface area contributed by atoms with Crippen LogP contribution in [0.4, 0.5) is 0 Å². The van der Waals surface area contributed by atoms with Gasteiger partial charge in [0.25, 0.3) is 0 Å². The normalized spacial score (nSPS) is 10.4. The van der Waals surface area contributed by atoms with Crippen molar-refractivity contribution in [2.45, 2.75) is 39.5 Å². The van der Waals surface area contributed by atoms with Gasteiger partial charge in [0.1, 0.15) is 6.79 Å². The molecule has 0 radical (unpaired) electrons. The maximum atomic E-state index is 5.20. The van der Waals surface area contributed by atoms with Gasteiger partial charge >= 0.3 is 0 Å². The highest BCUT2D eigenvalue weighted by atomic mass is 16.7. The molecule has 11 heavy (non-hydrogen) atoms. The van der Waals surface area contributed by atoms with Crippen LogP contribution in [0, 0.1) is 0 Å². The van der Waals surface area contributed by atoms with Crippen molar-refractivity contribution in [2.75, 3.05) is 20.0 Å². The lowest BCUT2D eigenvalue weighted by Crippen LogP contribution is -2.00. The summed E-state index contributed by atoms with van der Waals surface area (Å²) < 4.78 is 10.2. The second kappa shape index (κ2) is 9.92. The maximum absolute atomic E-state index is 5.20. The van der Waals surface area contributed by atoms with Gasteiger partial charge in [-0.25, -0.2) is 0 Å². The fourth-order valence-electron chi connectivity index (χ4n) is 0.832. The highest BCUT2D eigenvalue weighted by Crippen LogP contribution is 1.98. The molecule has 2 nitrogen and oxygen atoms in total. The standard InChI is InChI=1S/C9H20O2/c1-3-5-6-7-8-11-9-10-4-2/h3-9H2,1-2H3. The van der Waals surface area contributed by atoms with Crippen LogP contribution in [0.5, 0.6) is 0 Å². The molecule has 0 aromatic rings. The van der Waals surface area contributed by atoms with Crippen molar-refractivity contribution < 1.29 is 9.47 Å². The molecule has 0 aliphatic carbocycles. The van der Waals surface area contributed by atoms with Crippen LogP contribution in [0.25, 0.3) is 0 Å². The molecule has 0 aromatic heterocycles. The first kappa shape index (κ1) is 10.9. The van der Waals surface area contributed by atoms with Gasteiger partial charge in [-0.05, 0) is 13.3 Å². The zero-order valence-electron chi connectivity index (χ0n) is 7.77. The number of ether oxygens (including phenoxy) is 2. The number of hydrogen-bond donors (Lipinski definition) is 0. The average Bonchev–Trinajstić information content (AvgIpc) is 2.03. The highest BCUT2D eigenvalue weighted by Gasteiger charge is 1.87. The second-order valence-electron chi connectivity index (χ2n) is 2.58. The Morgan fingerprint density at radius 3 is 2.36 bits per heavy atom. The maximum Gasteiger partial charge on any atom is 0.146 e. The van der Waals surface area contributed by atoms with Gasteiger partial charge in [-0.2, -0.15) is 0 Å². The molecule has 0 spiro atoms. The first-order valence-electron chi connectivity index (χ1n) is 4.57. The van der Waals surface area contributed by atoms with Crippen molar-refractivity contribution in [3.63, 3.8) is 0 Å². The van der Waals surface area contributed by atoms with Crippen LogP contribution in [-0.2, 0) is 9.47 Å². The number of hydrogen-bond acceptors (Lipinski definition) is 2. The Labute approximate surface area is 69.9 Å². The van der Waals surface area contributed by atoms with Gasteiger partial charge in [0, 0.05) is 13.2 Å². The molecule has 2 heteroatoms. The second-order valence-corrected chi connectivity index (χ2v) is 2.58. The lowest BCUT2D eigenvalue weighted by atomic mass is 10.2. The van der Waals surface area contributed by atoms with E-state index in [-0.39, 0.29) is 0 Å². The molecule has 0 saturated heterocycles. The molecule has 0 unspecified atom stereocenters. The summed E-state index contributed by atoms with van der Waals surface area (Å²) in [5.41, 5.74) is 0.